The van der Waals surface area contributed by atoms with Crippen molar-refractivity contribution < 1.29 is 39.6 Å². The fourth-order valence-electron chi connectivity index (χ4n) is 15.4. The molecule has 0 amide bonds. The Balaban J connectivity index is 0.000000170. The molecule has 4 aliphatic carbocycles. The standard InChI is InChI=1S/C23H24N2O4.C22H23N3O4.C21H20N2O2.C20H19N3O2.4ClH/c1-24(2)8-5-9-25-21-16-6-3-4-7-17(16)22(28)20(21)18-10-14(12-26)15(13-27)11-19(18)23(25)29;1-24(2)7-4-8-25-20-18(21(28)15-5-3-6-23-19(15)20)16-9-13(11-26)14(12-27)10-17(16)22(25)29;1-22(2)12-7-13-23-19-15-9-4-5-10-16(15)20(24)18(19)14-8-3-6-11-17(14)21(23)25;1-22(2)11-6-12-23-18-16(13-7-3-4-8-14(13)20(23)25)19(24)15-9-5-10-21-17(15)18;;;;/h3-4,6-7,10-11,26-27H,5,8-9,12-13H2,1-2H3;3,5-6,9-10,26-27H,4,7-8,11-12H2,1-2H3;3-6,8-11H,7,12-13H2,1-2H3;3-5,7-10H,6,11-12H2,1-2H3;4*1H. The van der Waals surface area contributed by atoms with Crippen molar-refractivity contribution in [3.8, 4) is 45.3 Å². The van der Waals surface area contributed by atoms with E-state index in [-0.39, 0.29) is 121 Å². The van der Waals surface area contributed by atoms with Gasteiger partial charge in [-0.05, 0) is 191 Å². The van der Waals surface area contributed by atoms with Gasteiger partial charge in [-0.2, -0.15) is 0 Å². The lowest BCUT2D eigenvalue weighted by molar-refractivity contribution is 0.103. The normalized spacial score (nSPS) is 12.2. The second-order valence-electron chi connectivity index (χ2n) is 28.6. The highest BCUT2D eigenvalue weighted by atomic mass is 35.5. The van der Waals surface area contributed by atoms with Crippen LogP contribution in [0.5, 0.6) is 0 Å². The smallest absolute Gasteiger partial charge is 0.259 e. The van der Waals surface area contributed by atoms with Gasteiger partial charge in [-0.1, -0.05) is 84.9 Å². The molecule has 0 bridgehead atoms. The molecule has 0 saturated heterocycles. The summed E-state index contributed by atoms with van der Waals surface area (Å²) in [6.45, 7) is 4.37. The number of ketones is 4. The summed E-state index contributed by atoms with van der Waals surface area (Å²) in [4.78, 5) is 123. The Morgan fingerprint density at radius 1 is 0.286 bits per heavy atom. The molecule has 0 saturated carbocycles. The number of hydrogen-bond donors (Lipinski definition) is 4. The van der Waals surface area contributed by atoms with Gasteiger partial charge in [0.05, 0.1) is 94.0 Å². The Hall–Kier alpha value is -10.0. The molecule has 0 radical (unpaired) electrons. The number of benzene rings is 6. The molecule has 26 heteroatoms. The summed E-state index contributed by atoms with van der Waals surface area (Å²) >= 11 is 0. The predicted molar refractivity (Wildman–Crippen MR) is 449 cm³/mol. The van der Waals surface area contributed by atoms with E-state index in [0.717, 1.165) is 74.1 Å². The number of halogens is 4. The average molecular weight is 1600 g/mol. The lowest BCUT2D eigenvalue weighted by Gasteiger charge is -2.17. The Bertz CT molecular complexity index is 5550. The summed E-state index contributed by atoms with van der Waals surface area (Å²) < 4.78 is 6.87. The molecule has 112 heavy (non-hydrogen) atoms. The van der Waals surface area contributed by atoms with Crippen LogP contribution < -0.4 is 22.2 Å². The van der Waals surface area contributed by atoms with Crippen LogP contribution >= 0.6 is 49.6 Å². The fourth-order valence-corrected chi connectivity index (χ4v) is 15.4. The van der Waals surface area contributed by atoms with E-state index in [0.29, 0.717) is 159 Å². The van der Waals surface area contributed by atoms with Gasteiger partial charge in [0.2, 0.25) is 0 Å². The number of aliphatic hydroxyl groups excluding tert-OH is 4. The largest absolute Gasteiger partial charge is 0.392 e. The third-order valence-electron chi connectivity index (χ3n) is 20.5. The zero-order valence-electron chi connectivity index (χ0n) is 63.5. The summed E-state index contributed by atoms with van der Waals surface area (Å²) in [5, 5.41) is 43.2. The van der Waals surface area contributed by atoms with E-state index in [9.17, 15) is 58.8 Å². The number of pyridine rings is 6. The Morgan fingerprint density at radius 2 is 0.527 bits per heavy atom. The maximum atomic E-state index is 13.4. The summed E-state index contributed by atoms with van der Waals surface area (Å²) in [5.41, 5.74) is 11.5. The van der Waals surface area contributed by atoms with Crippen LogP contribution in [-0.2, 0) is 52.6 Å². The van der Waals surface area contributed by atoms with Crippen molar-refractivity contribution in [3.63, 3.8) is 0 Å². The Labute approximate surface area is 671 Å². The molecule has 4 N–H and O–H groups in total. The maximum absolute atomic E-state index is 13.4. The molecule has 6 aromatic heterocycles. The van der Waals surface area contributed by atoms with Crippen molar-refractivity contribution in [2.24, 2.45) is 0 Å². The highest BCUT2D eigenvalue weighted by molar-refractivity contribution is 6.29. The van der Waals surface area contributed by atoms with E-state index in [1.807, 2.05) is 146 Å². The number of carbonyl (C=O) groups excluding carboxylic acids is 4. The lowest BCUT2D eigenvalue weighted by Crippen LogP contribution is -2.26. The van der Waals surface area contributed by atoms with Crippen molar-refractivity contribution in [1.82, 2.24) is 47.8 Å². The Morgan fingerprint density at radius 3 is 0.848 bits per heavy atom. The van der Waals surface area contributed by atoms with Crippen molar-refractivity contribution in [3.05, 3.63) is 266 Å². The van der Waals surface area contributed by atoms with Crippen molar-refractivity contribution in [2.75, 3.05) is 82.6 Å². The third-order valence-corrected chi connectivity index (χ3v) is 20.5. The highest BCUT2D eigenvalue weighted by Gasteiger charge is 2.38. The van der Waals surface area contributed by atoms with Crippen LogP contribution in [0.3, 0.4) is 0 Å². The molecular weight excluding hydrogens is 1510 g/mol. The number of nitrogens with zero attached hydrogens (tertiary/aromatic N) is 10. The molecule has 12 aromatic rings. The second-order valence-corrected chi connectivity index (χ2v) is 28.6. The first-order valence-corrected chi connectivity index (χ1v) is 36.2. The van der Waals surface area contributed by atoms with Crippen molar-refractivity contribution in [2.45, 2.75) is 78.3 Å². The number of hydrogen-bond acceptors (Lipinski definition) is 18. The molecule has 22 nitrogen and oxygen atoms in total. The average Bonchev–Trinajstić information content (AvgIpc) is 1.56. The van der Waals surface area contributed by atoms with Gasteiger partial charge >= 0.3 is 0 Å². The quantitative estimate of drug-likeness (QED) is 0.0552. The van der Waals surface area contributed by atoms with Gasteiger partial charge in [0, 0.05) is 104 Å². The number of rotatable bonds is 20. The van der Waals surface area contributed by atoms with E-state index in [1.54, 1.807) is 91.3 Å². The fraction of sp³-hybridized carbons (Fsp3) is 0.279. The monoisotopic (exact) mass is 1590 g/mol. The number of carbonyl (C=O) groups is 4. The predicted octanol–water partition coefficient (Wildman–Crippen LogP) is 11.1. The molecule has 0 unspecified atom stereocenters. The van der Waals surface area contributed by atoms with Gasteiger partial charge in [0.15, 0.2) is 23.1 Å². The molecule has 0 spiro atoms. The first-order chi connectivity index (χ1) is 52.1. The van der Waals surface area contributed by atoms with Crippen LogP contribution in [-0.4, -0.2) is 174 Å². The van der Waals surface area contributed by atoms with Gasteiger partial charge in [0.1, 0.15) is 0 Å². The van der Waals surface area contributed by atoms with Crippen molar-refractivity contribution in [1.29, 1.82) is 0 Å². The minimum Gasteiger partial charge on any atom is -0.392 e. The zero-order chi connectivity index (χ0) is 76.5. The minimum atomic E-state index is -0.293. The lowest BCUT2D eigenvalue weighted by atomic mass is 9.97. The number of fused-ring (bicyclic) bond motifs is 20. The molecule has 0 atom stereocenters. The van der Waals surface area contributed by atoms with E-state index in [1.165, 1.54) is 0 Å². The van der Waals surface area contributed by atoms with Crippen LogP contribution in [0, 0.1) is 0 Å². The summed E-state index contributed by atoms with van der Waals surface area (Å²) in [7, 11) is 16.0. The summed E-state index contributed by atoms with van der Waals surface area (Å²) in [6.07, 6.45) is 6.48. The van der Waals surface area contributed by atoms with Gasteiger partial charge in [0.25, 0.3) is 22.2 Å². The van der Waals surface area contributed by atoms with Gasteiger partial charge in [-0.15, -0.1) is 49.6 Å². The first kappa shape index (κ1) is 86.0. The van der Waals surface area contributed by atoms with Gasteiger partial charge < -0.3 is 58.3 Å². The number of aliphatic hydroxyl groups is 4. The molecule has 4 aliphatic rings. The third kappa shape index (κ3) is 15.9. The summed E-state index contributed by atoms with van der Waals surface area (Å²) in [5.74, 6) is -0.309. The maximum Gasteiger partial charge on any atom is 0.259 e. The number of aromatic nitrogens is 6. The molecular formula is C86H90Cl4N10O12. The molecule has 6 heterocycles. The van der Waals surface area contributed by atoms with E-state index in [4.69, 9.17) is 0 Å². The highest BCUT2D eigenvalue weighted by Crippen LogP contribution is 2.44. The van der Waals surface area contributed by atoms with Crippen molar-refractivity contribution >= 4 is 116 Å². The second kappa shape index (κ2) is 36.6. The zero-order valence-corrected chi connectivity index (χ0v) is 66.8. The van der Waals surface area contributed by atoms with Gasteiger partial charge in [-0.3, -0.25) is 48.3 Å². The van der Waals surface area contributed by atoms with E-state index in [2.05, 4.69) is 24.7 Å². The van der Waals surface area contributed by atoms with Crippen LogP contribution in [0.1, 0.15) is 112 Å². The molecule has 584 valence electrons. The molecule has 6 aromatic carbocycles. The van der Waals surface area contributed by atoms with Crippen LogP contribution in [0.4, 0.5) is 0 Å². The minimum absolute atomic E-state index is 0. The first-order valence-electron chi connectivity index (χ1n) is 36.2. The van der Waals surface area contributed by atoms with E-state index < -0.39 is 0 Å². The molecule has 16 rings (SSSR count). The summed E-state index contributed by atoms with van der Waals surface area (Å²) in [6, 6.07) is 43.2. The van der Waals surface area contributed by atoms with Crippen LogP contribution in [0.2, 0.25) is 0 Å². The molecule has 0 fully saturated rings. The van der Waals surface area contributed by atoms with Crippen LogP contribution in [0.15, 0.2) is 177 Å². The van der Waals surface area contributed by atoms with Gasteiger partial charge in [-0.25, -0.2) is 0 Å². The topological polar surface area (TPSA) is 276 Å². The Kier molecular flexibility index (Phi) is 28.1. The SMILES string of the molecule is CN(C)CCCn1c2c(c3cc(CO)c(CO)cc3c1=O)C(=O)c1ccccc1-2.CN(C)CCCn1c2c(c3cc(CO)c(CO)cc3c1=O)C(=O)c1cccnc1-2.CN(C)CCCn1c2c(c3ccccc3c1=O)C(=O)c1ccccc1-2.CN(C)CCCn1c2c(c3ccccc3c1=O)C(=O)c1cccnc1-2.Cl.Cl.Cl.Cl. The molecule has 0 aliphatic heterocycles. The van der Waals surface area contributed by atoms with Crippen LogP contribution in [0.25, 0.3) is 88.4 Å². The van der Waals surface area contributed by atoms with E-state index >= 15 is 0 Å².